The summed E-state index contributed by atoms with van der Waals surface area (Å²) in [4.78, 5) is 4.08. The third kappa shape index (κ3) is 1.40. The molecule has 0 radical (unpaired) electrons. The van der Waals surface area contributed by atoms with Crippen LogP contribution in [0, 0.1) is 5.92 Å². The van der Waals surface area contributed by atoms with Crippen LogP contribution in [0.5, 0.6) is 0 Å². The first-order valence-corrected chi connectivity index (χ1v) is 4.31. The second-order valence-electron chi connectivity index (χ2n) is 2.84. The quantitative estimate of drug-likeness (QED) is 0.715. The molecule has 10 heavy (non-hydrogen) atoms. The highest BCUT2D eigenvalue weighted by molar-refractivity contribution is 9.10. The molecule has 0 unspecified atom stereocenters. The Balaban J connectivity index is 2.03. The van der Waals surface area contributed by atoms with Crippen LogP contribution in [-0.2, 0) is 6.54 Å². The molecule has 1 aliphatic rings. The lowest BCUT2D eigenvalue weighted by atomic mass is 10.4. The van der Waals surface area contributed by atoms with E-state index in [1.807, 2.05) is 12.5 Å². The Morgan fingerprint density at radius 3 is 3.00 bits per heavy atom. The summed E-state index contributed by atoms with van der Waals surface area (Å²) in [6, 6.07) is 0. The molecule has 1 heterocycles. The molecular formula is C7H9BrN2. The van der Waals surface area contributed by atoms with Gasteiger partial charge in [-0.1, -0.05) is 0 Å². The van der Waals surface area contributed by atoms with Crippen LogP contribution in [0.25, 0.3) is 0 Å². The lowest BCUT2D eigenvalue weighted by molar-refractivity contribution is 0.626. The first kappa shape index (κ1) is 6.40. The Labute approximate surface area is 68.4 Å². The molecule has 2 rings (SSSR count). The number of imidazole rings is 1. The molecule has 1 aromatic heterocycles. The third-order valence-electron chi connectivity index (χ3n) is 1.77. The van der Waals surface area contributed by atoms with E-state index in [1.165, 1.54) is 12.8 Å². The highest BCUT2D eigenvalue weighted by Crippen LogP contribution is 2.30. The first-order valence-electron chi connectivity index (χ1n) is 3.52. The van der Waals surface area contributed by atoms with Crippen molar-refractivity contribution in [1.82, 2.24) is 9.55 Å². The van der Waals surface area contributed by atoms with Gasteiger partial charge in [0.2, 0.25) is 0 Å². The number of aromatic nitrogens is 2. The summed E-state index contributed by atoms with van der Waals surface area (Å²) >= 11 is 3.31. The molecule has 0 N–H and O–H groups in total. The molecule has 0 aliphatic heterocycles. The number of nitrogens with zero attached hydrogens (tertiary/aromatic N) is 2. The standard InChI is InChI=1S/C7H9BrN2/c8-7-4-10(5-9-7)3-6-1-2-6/h4-6H,1-3H2. The van der Waals surface area contributed by atoms with E-state index in [1.54, 1.807) is 0 Å². The summed E-state index contributed by atoms with van der Waals surface area (Å²) < 4.78 is 3.08. The molecule has 0 spiro atoms. The zero-order chi connectivity index (χ0) is 6.97. The van der Waals surface area contributed by atoms with Gasteiger partial charge in [0.1, 0.15) is 4.60 Å². The van der Waals surface area contributed by atoms with Gasteiger partial charge in [0.15, 0.2) is 0 Å². The monoisotopic (exact) mass is 200 g/mol. The second kappa shape index (κ2) is 2.38. The Morgan fingerprint density at radius 2 is 2.50 bits per heavy atom. The third-order valence-corrected chi connectivity index (χ3v) is 2.18. The maximum absolute atomic E-state index is 4.08. The van der Waals surface area contributed by atoms with E-state index in [-0.39, 0.29) is 0 Å². The van der Waals surface area contributed by atoms with E-state index in [4.69, 9.17) is 0 Å². The summed E-state index contributed by atoms with van der Waals surface area (Å²) in [5.41, 5.74) is 0. The van der Waals surface area contributed by atoms with Crippen molar-refractivity contribution in [3.63, 3.8) is 0 Å². The Bertz CT molecular complexity index is 227. The number of rotatable bonds is 2. The smallest absolute Gasteiger partial charge is 0.124 e. The Hall–Kier alpha value is -0.310. The lowest BCUT2D eigenvalue weighted by Crippen LogP contribution is -1.94. The second-order valence-corrected chi connectivity index (χ2v) is 3.65. The maximum atomic E-state index is 4.08. The van der Waals surface area contributed by atoms with E-state index in [0.29, 0.717) is 0 Å². The minimum absolute atomic E-state index is 0.932. The topological polar surface area (TPSA) is 17.8 Å². The first-order chi connectivity index (χ1) is 4.84. The van der Waals surface area contributed by atoms with Gasteiger partial charge in [-0.3, -0.25) is 0 Å². The van der Waals surface area contributed by atoms with Crippen LogP contribution in [0.1, 0.15) is 12.8 Å². The summed E-state index contributed by atoms with van der Waals surface area (Å²) in [6.07, 6.45) is 6.70. The highest BCUT2D eigenvalue weighted by atomic mass is 79.9. The summed E-state index contributed by atoms with van der Waals surface area (Å²) in [6.45, 7) is 1.15. The fourth-order valence-electron chi connectivity index (χ4n) is 1.03. The molecule has 1 fully saturated rings. The predicted octanol–water partition coefficient (Wildman–Crippen LogP) is 2.06. The zero-order valence-electron chi connectivity index (χ0n) is 5.63. The normalized spacial score (nSPS) is 17.7. The van der Waals surface area contributed by atoms with E-state index in [2.05, 4.69) is 25.5 Å². The molecule has 0 bridgehead atoms. The summed E-state index contributed by atoms with van der Waals surface area (Å²) in [7, 11) is 0. The van der Waals surface area contributed by atoms with Gasteiger partial charge in [-0.05, 0) is 34.7 Å². The van der Waals surface area contributed by atoms with Gasteiger partial charge in [0, 0.05) is 12.7 Å². The molecule has 1 aromatic rings. The average molecular weight is 201 g/mol. The minimum Gasteiger partial charge on any atom is -0.336 e. The fraction of sp³-hybridized carbons (Fsp3) is 0.571. The van der Waals surface area contributed by atoms with Gasteiger partial charge in [0.05, 0.1) is 6.33 Å². The number of halogens is 1. The number of hydrogen-bond acceptors (Lipinski definition) is 1. The van der Waals surface area contributed by atoms with Gasteiger partial charge >= 0.3 is 0 Å². The lowest BCUT2D eigenvalue weighted by Gasteiger charge is -1.95. The highest BCUT2D eigenvalue weighted by Gasteiger charge is 2.21. The summed E-state index contributed by atoms with van der Waals surface area (Å²) in [5, 5.41) is 0. The molecule has 0 saturated heterocycles. The Kier molecular flexibility index (Phi) is 1.52. The van der Waals surface area contributed by atoms with E-state index in [9.17, 15) is 0 Å². The van der Waals surface area contributed by atoms with Crippen LogP contribution >= 0.6 is 15.9 Å². The van der Waals surface area contributed by atoms with Crippen LogP contribution in [0.4, 0.5) is 0 Å². The van der Waals surface area contributed by atoms with Crippen molar-refractivity contribution in [2.75, 3.05) is 0 Å². The minimum atomic E-state index is 0.932. The summed E-state index contributed by atoms with van der Waals surface area (Å²) in [5.74, 6) is 0.932. The van der Waals surface area contributed by atoms with Crippen molar-refractivity contribution in [2.45, 2.75) is 19.4 Å². The fourth-order valence-corrected chi connectivity index (χ4v) is 1.39. The van der Waals surface area contributed by atoms with Crippen LogP contribution in [0.15, 0.2) is 17.1 Å². The van der Waals surface area contributed by atoms with Gasteiger partial charge in [-0.25, -0.2) is 4.98 Å². The van der Waals surface area contributed by atoms with Gasteiger partial charge in [-0.15, -0.1) is 0 Å². The van der Waals surface area contributed by atoms with Crippen molar-refractivity contribution in [3.8, 4) is 0 Å². The zero-order valence-corrected chi connectivity index (χ0v) is 7.21. The van der Waals surface area contributed by atoms with Gasteiger partial charge in [-0.2, -0.15) is 0 Å². The number of hydrogen-bond donors (Lipinski definition) is 0. The molecule has 1 saturated carbocycles. The van der Waals surface area contributed by atoms with Gasteiger partial charge < -0.3 is 4.57 Å². The SMILES string of the molecule is Brc1cn(CC2CC2)cn1. The maximum Gasteiger partial charge on any atom is 0.124 e. The molecule has 3 heteroatoms. The molecule has 54 valence electrons. The molecule has 2 nitrogen and oxygen atoms in total. The van der Waals surface area contributed by atoms with Crippen LogP contribution < -0.4 is 0 Å². The van der Waals surface area contributed by atoms with Crippen molar-refractivity contribution in [3.05, 3.63) is 17.1 Å². The van der Waals surface area contributed by atoms with E-state index >= 15 is 0 Å². The molecule has 0 atom stereocenters. The van der Waals surface area contributed by atoms with Crippen molar-refractivity contribution in [1.29, 1.82) is 0 Å². The molecular weight excluding hydrogens is 192 g/mol. The van der Waals surface area contributed by atoms with Crippen LogP contribution in [-0.4, -0.2) is 9.55 Å². The molecule has 1 aliphatic carbocycles. The predicted molar refractivity (Wildman–Crippen MR) is 42.7 cm³/mol. The van der Waals surface area contributed by atoms with Crippen LogP contribution in [0.3, 0.4) is 0 Å². The van der Waals surface area contributed by atoms with E-state index in [0.717, 1.165) is 17.1 Å². The molecule has 0 amide bonds. The van der Waals surface area contributed by atoms with Gasteiger partial charge in [0.25, 0.3) is 0 Å². The molecule has 0 aromatic carbocycles. The van der Waals surface area contributed by atoms with Crippen LogP contribution in [0.2, 0.25) is 0 Å². The van der Waals surface area contributed by atoms with E-state index < -0.39 is 0 Å². The van der Waals surface area contributed by atoms with Crippen molar-refractivity contribution < 1.29 is 0 Å². The average Bonchev–Trinajstić information content (AvgIpc) is 2.59. The van der Waals surface area contributed by atoms with Crippen molar-refractivity contribution >= 4 is 15.9 Å². The largest absolute Gasteiger partial charge is 0.336 e. The van der Waals surface area contributed by atoms with Crippen molar-refractivity contribution in [2.24, 2.45) is 5.92 Å². The Morgan fingerprint density at radius 1 is 1.70 bits per heavy atom.